The lowest BCUT2D eigenvalue weighted by Crippen LogP contribution is -2.22. The summed E-state index contributed by atoms with van der Waals surface area (Å²) in [7, 11) is 0. The standard InChI is InChI=1S/C24H21N5O4/c1-16-10-11-17(2)19(13-16)20-14-22(28(27-20)18-7-4-3-5-8-18)26-23(30)15-33-21-9-6-12-25-24(21)29(31)32/h3-14H,15H2,1-2H3,(H,26,30). The van der Waals surface area contributed by atoms with Gasteiger partial charge in [0.2, 0.25) is 5.75 Å². The molecule has 0 aliphatic rings. The van der Waals surface area contributed by atoms with Crippen molar-refractivity contribution in [3.8, 4) is 22.7 Å². The number of aryl methyl sites for hydroxylation is 2. The molecule has 2 aromatic carbocycles. The quantitative estimate of drug-likeness (QED) is 0.333. The van der Waals surface area contributed by atoms with Gasteiger partial charge in [-0.05, 0) is 59.7 Å². The third-order valence-corrected chi connectivity index (χ3v) is 4.93. The Bertz CT molecular complexity index is 1320. The van der Waals surface area contributed by atoms with Crippen LogP contribution in [-0.2, 0) is 4.79 Å². The lowest BCUT2D eigenvalue weighted by molar-refractivity contribution is -0.390. The number of amides is 1. The number of hydrogen-bond acceptors (Lipinski definition) is 6. The van der Waals surface area contributed by atoms with E-state index in [1.807, 2.05) is 62.4 Å². The topological polar surface area (TPSA) is 112 Å². The molecule has 0 saturated heterocycles. The van der Waals surface area contributed by atoms with Gasteiger partial charge in [-0.3, -0.25) is 4.79 Å². The Kier molecular flexibility index (Phi) is 6.12. The number of anilines is 1. The molecule has 0 unspecified atom stereocenters. The molecule has 0 atom stereocenters. The summed E-state index contributed by atoms with van der Waals surface area (Å²) in [6, 6.07) is 20.2. The second kappa shape index (κ2) is 9.31. The summed E-state index contributed by atoms with van der Waals surface area (Å²) in [5, 5.41) is 18.6. The molecule has 2 aromatic heterocycles. The van der Waals surface area contributed by atoms with E-state index in [0.29, 0.717) is 11.5 Å². The number of carbonyl (C=O) groups is 1. The number of nitrogens with one attached hydrogen (secondary N) is 1. The maximum Gasteiger partial charge on any atom is 0.406 e. The van der Waals surface area contributed by atoms with Gasteiger partial charge in [0.15, 0.2) is 6.61 Å². The van der Waals surface area contributed by atoms with Crippen molar-refractivity contribution in [2.45, 2.75) is 13.8 Å². The van der Waals surface area contributed by atoms with Gasteiger partial charge in [-0.2, -0.15) is 5.10 Å². The molecular formula is C24H21N5O4. The van der Waals surface area contributed by atoms with Gasteiger partial charge in [0.1, 0.15) is 12.0 Å². The average Bonchev–Trinajstić information content (AvgIpc) is 3.23. The zero-order valence-electron chi connectivity index (χ0n) is 18.1. The van der Waals surface area contributed by atoms with Crippen LogP contribution in [0.1, 0.15) is 11.1 Å². The first-order valence-corrected chi connectivity index (χ1v) is 10.2. The van der Waals surface area contributed by atoms with Gasteiger partial charge in [0.05, 0.1) is 11.4 Å². The van der Waals surface area contributed by atoms with Crippen LogP contribution in [0.15, 0.2) is 72.9 Å². The molecule has 4 aromatic rings. The summed E-state index contributed by atoms with van der Waals surface area (Å²) in [6.45, 7) is 3.59. The predicted molar refractivity (Wildman–Crippen MR) is 123 cm³/mol. The first-order chi connectivity index (χ1) is 15.9. The Morgan fingerprint density at radius 2 is 1.88 bits per heavy atom. The SMILES string of the molecule is Cc1ccc(C)c(-c2cc(NC(=O)COc3cccnc3[N+](=O)[O-])n(-c3ccccc3)n2)c1. The highest BCUT2D eigenvalue weighted by atomic mass is 16.6. The van der Waals surface area contributed by atoms with Gasteiger partial charge >= 0.3 is 5.82 Å². The zero-order chi connectivity index (χ0) is 23.4. The highest BCUT2D eigenvalue weighted by Gasteiger charge is 2.19. The van der Waals surface area contributed by atoms with Crippen LogP contribution in [0.4, 0.5) is 11.6 Å². The number of pyridine rings is 1. The number of para-hydroxylation sites is 1. The zero-order valence-corrected chi connectivity index (χ0v) is 18.1. The molecule has 0 saturated carbocycles. The molecule has 9 heteroatoms. The highest BCUT2D eigenvalue weighted by molar-refractivity contribution is 5.92. The van der Waals surface area contributed by atoms with Crippen LogP contribution in [0, 0.1) is 24.0 Å². The van der Waals surface area contributed by atoms with Gasteiger partial charge in [-0.25, -0.2) is 4.68 Å². The molecule has 0 radical (unpaired) electrons. The Morgan fingerprint density at radius 1 is 1.09 bits per heavy atom. The number of ether oxygens (including phenoxy) is 1. The second-order valence-electron chi connectivity index (χ2n) is 7.40. The van der Waals surface area contributed by atoms with E-state index in [0.717, 1.165) is 22.4 Å². The molecule has 1 amide bonds. The first kappa shape index (κ1) is 21.7. The molecule has 9 nitrogen and oxygen atoms in total. The average molecular weight is 443 g/mol. The van der Waals surface area contributed by atoms with E-state index >= 15 is 0 Å². The van der Waals surface area contributed by atoms with E-state index < -0.39 is 23.3 Å². The summed E-state index contributed by atoms with van der Waals surface area (Å²) >= 11 is 0. The van der Waals surface area contributed by atoms with E-state index in [1.165, 1.54) is 18.3 Å². The third-order valence-electron chi connectivity index (χ3n) is 4.93. The van der Waals surface area contributed by atoms with Gasteiger partial charge in [-0.15, -0.1) is 0 Å². The summed E-state index contributed by atoms with van der Waals surface area (Å²) in [5.74, 6) is -0.564. The molecular weight excluding hydrogens is 422 g/mol. The molecule has 0 fully saturated rings. The largest absolute Gasteiger partial charge is 0.476 e. The van der Waals surface area contributed by atoms with Crippen LogP contribution >= 0.6 is 0 Å². The molecule has 0 aliphatic carbocycles. The van der Waals surface area contributed by atoms with Gasteiger partial charge in [0.25, 0.3) is 5.91 Å². The van der Waals surface area contributed by atoms with Crippen molar-refractivity contribution in [1.29, 1.82) is 0 Å². The van der Waals surface area contributed by atoms with Gasteiger partial charge in [-0.1, -0.05) is 35.9 Å². The van der Waals surface area contributed by atoms with Crippen LogP contribution in [-0.4, -0.2) is 32.2 Å². The maximum absolute atomic E-state index is 12.6. The highest BCUT2D eigenvalue weighted by Crippen LogP contribution is 2.28. The monoisotopic (exact) mass is 443 g/mol. The number of hydrogen-bond donors (Lipinski definition) is 1. The van der Waals surface area contributed by atoms with E-state index in [1.54, 1.807) is 10.7 Å². The smallest absolute Gasteiger partial charge is 0.406 e. The number of nitrogens with zero attached hydrogens (tertiary/aromatic N) is 4. The normalized spacial score (nSPS) is 10.6. The second-order valence-corrected chi connectivity index (χ2v) is 7.40. The minimum absolute atomic E-state index is 0.0784. The van der Waals surface area contributed by atoms with E-state index in [4.69, 9.17) is 9.84 Å². The molecule has 2 heterocycles. The fourth-order valence-corrected chi connectivity index (χ4v) is 3.33. The Morgan fingerprint density at radius 3 is 2.64 bits per heavy atom. The molecule has 4 rings (SSSR count). The summed E-state index contributed by atoms with van der Waals surface area (Å²) in [5.41, 5.74) is 4.60. The molecule has 0 aliphatic heterocycles. The predicted octanol–water partition coefficient (Wildman–Crippen LogP) is 4.48. The third kappa shape index (κ3) is 4.87. The van der Waals surface area contributed by atoms with Crippen molar-refractivity contribution >= 4 is 17.5 Å². The van der Waals surface area contributed by atoms with Crippen LogP contribution < -0.4 is 10.1 Å². The molecule has 166 valence electrons. The molecule has 1 N–H and O–H groups in total. The number of carbonyl (C=O) groups excluding carboxylic acids is 1. The molecule has 0 spiro atoms. The minimum atomic E-state index is -0.659. The minimum Gasteiger partial charge on any atom is -0.476 e. The van der Waals surface area contributed by atoms with Crippen molar-refractivity contribution in [2.24, 2.45) is 0 Å². The Hall–Kier alpha value is -4.53. The van der Waals surface area contributed by atoms with Crippen LogP contribution in [0.2, 0.25) is 0 Å². The lowest BCUT2D eigenvalue weighted by atomic mass is 10.0. The molecule has 0 bridgehead atoms. The van der Waals surface area contributed by atoms with Crippen molar-refractivity contribution < 1.29 is 14.5 Å². The lowest BCUT2D eigenvalue weighted by Gasteiger charge is -2.09. The van der Waals surface area contributed by atoms with Crippen LogP contribution in [0.3, 0.4) is 0 Å². The van der Waals surface area contributed by atoms with E-state index in [-0.39, 0.29) is 5.75 Å². The maximum atomic E-state index is 12.6. The van der Waals surface area contributed by atoms with Gasteiger partial charge in [0, 0.05) is 11.6 Å². The van der Waals surface area contributed by atoms with E-state index in [2.05, 4.69) is 10.3 Å². The van der Waals surface area contributed by atoms with Crippen molar-refractivity contribution in [3.63, 3.8) is 0 Å². The first-order valence-electron chi connectivity index (χ1n) is 10.2. The van der Waals surface area contributed by atoms with Crippen molar-refractivity contribution in [2.75, 3.05) is 11.9 Å². The van der Waals surface area contributed by atoms with Crippen LogP contribution in [0.5, 0.6) is 5.75 Å². The fraction of sp³-hybridized carbons (Fsp3) is 0.125. The Balaban J connectivity index is 1.61. The van der Waals surface area contributed by atoms with Crippen LogP contribution in [0.25, 0.3) is 16.9 Å². The number of nitro groups is 1. The number of rotatable bonds is 7. The summed E-state index contributed by atoms with van der Waals surface area (Å²) < 4.78 is 7.00. The summed E-state index contributed by atoms with van der Waals surface area (Å²) in [4.78, 5) is 26.8. The number of aromatic nitrogens is 3. The number of benzene rings is 2. The Labute approximate surface area is 189 Å². The fourth-order valence-electron chi connectivity index (χ4n) is 3.33. The van der Waals surface area contributed by atoms with Crippen molar-refractivity contribution in [1.82, 2.24) is 14.8 Å². The van der Waals surface area contributed by atoms with Gasteiger partial charge < -0.3 is 20.2 Å². The van der Waals surface area contributed by atoms with Crippen molar-refractivity contribution in [3.05, 3.63) is 94.2 Å². The van der Waals surface area contributed by atoms with E-state index in [9.17, 15) is 14.9 Å². The molecule has 33 heavy (non-hydrogen) atoms. The summed E-state index contributed by atoms with van der Waals surface area (Å²) in [6.07, 6.45) is 1.29.